The average molecular weight is 142 g/mol. The Hall–Kier alpha value is -1.24. The Balaban J connectivity index is 3.33. The van der Waals surface area contributed by atoms with Gasteiger partial charge in [0.05, 0.1) is 6.61 Å². The summed E-state index contributed by atoms with van der Waals surface area (Å²) < 4.78 is 4.57. The SMILES string of the molecule is CC(C)COC(=O)NC#N. The van der Waals surface area contributed by atoms with E-state index < -0.39 is 6.09 Å². The molecular formula is C6H10N2O2. The number of alkyl carbamates (subject to hydrolysis) is 1. The number of hydrogen-bond acceptors (Lipinski definition) is 3. The van der Waals surface area contributed by atoms with Crippen molar-refractivity contribution in [1.82, 2.24) is 5.32 Å². The van der Waals surface area contributed by atoms with E-state index in [2.05, 4.69) is 4.74 Å². The van der Waals surface area contributed by atoms with E-state index in [1.807, 2.05) is 19.2 Å². The molecule has 0 rings (SSSR count). The minimum Gasteiger partial charge on any atom is -0.449 e. The van der Waals surface area contributed by atoms with Crippen LogP contribution in [0.3, 0.4) is 0 Å². The zero-order valence-electron chi connectivity index (χ0n) is 6.05. The molecule has 0 bridgehead atoms. The number of nitriles is 1. The highest BCUT2D eigenvalue weighted by Crippen LogP contribution is 1.91. The fourth-order valence-corrected chi connectivity index (χ4v) is 0.324. The summed E-state index contributed by atoms with van der Waals surface area (Å²) in [4.78, 5) is 10.4. The molecule has 0 aliphatic heterocycles. The van der Waals surface area contributed by atoms with Crippen molar-refractivity contribution < 1.29 is 9.53 Å². The quantitative estimate of drug-likeness (QED) is 0.459. The van der Waals surface area contributed by atoms with Crippen molar-refractivity contribution in [2.75, 3.05) is 6.61 Å². The highest BCUT2D eigenvalue weighted by molar-refractivity contribution is 5.68. The maximum Gasteiger partial charge on any atom is 0.420 e. The zero-order valence-corrected chi connectivity index (χ0v) is 6.05. The lowest BCUT2D eigenvalue weighted by molar-refractivity contribution is 0.137. The minimum atomic E-state index is -0.684. The molecule has 4 nitrogen and oxygen atoms in total. The lowest BCUT2D eigenvalue weighted by atomic mass is 10.2. The third-order valence-electron chi connectivity index (χ3n) is 0.706. The molecule has 0 atom stereocenters. The summed E-state index contributed by atoms with van der Waals surface area (Å²) in [6, 6.07) is 0. The number of carbonyl (C=O) groups excluding carboxylic acids is 1. The van der Waals surface area contributed by atoms with Gasteiger partial charge in [-0.2, -0.15) is 5.26 Å². The molecule has 0 unspecified atom stereocenters. The van der Waals surface area contributed by atoms with Gasteiger partial charge in [-0.1, -0.05) is 13.8 Å². The van der Waals surface area contributed by atoms with Crippen LogP contribution in [0.2, 0.25) is 0 Å². The number of rotatable bonds is 2. The van der Waals surface area contributed by atoms with E-state index >= 15 is 0 Å². The molecule has 0 aliphatic carbocycles. The van der Waals surface area contributed by atoms with Gasteiger partial charge in [0.25, 0.3) is 0 Å². The van der Waals surface area contributed by atoms with Crippen LogP contribution in [0.1, 0.15) is 13.8 Å². The van der Waals surface area contributed by atoms with E-state index in [1.165, 1.54) is 6.19 Å². The summed E-state index contributed by atoms with van der Waals surface area (Å²) in [6.07, 6.45) is 0.783. The molecule has 1 N–H and O–H groups in total. The van der Waals surface area contributed by atoms with Gasteiger partial charge in [-0.3, -0.25) is 0 Å². The summed E-state index contributed by atoms with van der Waals surface area (Å²) in [5.41, 5.74) is 0. The van der Waals surface area contributed by atoms with Crippen molar-refractivity contribution in [1.29, 1.82) is 5.26 Å². The molecule has 0 aromatic heterocycles. The molecule has 0 saturated carbocycles. The number of nitrogens with one attached hydrogen (secondary N) is 1. The molecule has 0 aliphatic rings. The first kappa shape index (κ1) is 8.76. The third kappa shape index (κ3) is 4.91. The standard InChI is InChI=1S/C6H10N2O2/c1-5(2)3-10-6(9)8-4-7/h5H,3H2,1-2H3,(H,8,9). The van der Waals surface area contributed by atoms with Gasteiger partial charge < -0.3 is 4.74 Å². The molecule has 0 radical (unpaired) electrons. The Morgan fingerprint density at radius 3 is 2.80 bits per heavy atom. The van der Waals surface area contributed by atoms with Crippen molar-refractivity contribution >= 4 is 6.09 Å². The Morgan fingerprint density at radius 1 is 1.80 bits per heavy atom. The highest BCUT2D eigenvalue weighted by atomic mass is 16.5. The van der Waals surface area contributed by atoms with Crippen LogP contribution in [0.4, 0.5) is 4.79 Å². The molecule has 0 heterocycles. The van der Waals surface area contributed by atoms with Gasteiger partial charge in [0.1, 0.15) is 0 Å². The van der Waals surface area contributed by atoms with Gasteiger partial charge in [0, 0.05) is 0 Å². The monoisotopic (exact) mass is 142 g/mol. The van der Waals surface area contributed by atoms with Crippen LogP contribution >= 0.6 is 0 Å². The summed E-state index contributed by atoms with van der Waals surface area (Å²) in [6.45, 7) is 4.17. The summed E-state index contributed by atoms with van der Waals surface area (Å²) >= 11 is 0. The van der Waals surface area contributed by atoms with E-state index in [0.29, 0.717) is 12.5 Å². The number of nitrogens with zero attached hydrogens (tertiary/aromatic N) is 1. The Bertz CT molecular complexity index is 148. The first-order chi connectivity index (χ1) is 4.66. The summed E-state index contributed by atoms with van der Waals surface area (Å²) in [7, 11) is 0. The van der Waals surface area contributed by atoms with Gasteiger partial charge >= 0.3 is 6.09 Å². The fourth-order valence-electron chi connectivity index (χ4n) is 0.324. The van der Waals surface area contributed by atoms with Crippen LogP contribution in [0.5, 0.6) is 0 Å². The maximum absolute atomic E-state index is 10.4. The molecule has 4 heteroatoms. The number of amides is 1. The lowest BCUT2D eigenvalue weighted by Crippen LogP contribution is -2.20. The molecular weight excluding hydrogens is 132 g/mol. The maximum atomic E-state index is 10.4. The zero-order chi connectivity index (χ0) is 7.98. The Labute approximate surface area is 59.8 Å². The molecule has 1 amide bonds. The molecule has 0 saturated heterocycles. The smallest absolute Gasteiger partial charge is 0.420 e. The molecule has 0 aromatic carbocycles. The third-order valence-corrected chi connectivity index (χ3v) is 0.706. The molecule has 56 valence electrons. The largest absolute Gasteiger partial charge is 0.449 e. The van der Waals surface area contributed by atoms with Gasteiger partial charge in [-0.25, -0.2) is 10.1 Å². The van der Waals surface area contributed by atoms with Gasteiger partial charge in [0.15, 0.2) is 6.19 Å². The van der Waals surface area contributed by atoms with E-state index in [4.69, 9.17) is 5.26 Å². The van der Waals surface area contributed by atoms with Crippen LogP contribution in [-0.2, 0) is 4.74 Å². The predicted molar refractivity (Wildman–Crippen MR) is 34.9 cm³/mol. The Morgan fingerprint density at radius 2 is 2.40 bits per heavy atom. The van der Waals surface area contributed by atoms with Gasteiger partial charge in [-0.05, 0) is 5.92 Å². The molecule has 0 aromatic rings. The average Bonchev–Trinajstić information content (AvgIpc) is 1.85. The lowest BCUT2D eigenvalue weighted by Gasteiger charge is -2.03. The van der Waals surface area contributed by atoms with E-state index in [0.717, 1.165) is 0 Å². The van der Waals surface area contributed by atoms with E-state index in [-0.39, 0.29) is 0 Å². The first-order valence-corrected chi connectivity index (χ1v) is 2.98. The minimum absolute atomic E-state index is 0.296. The van der Waals surface area contributed by atoms with Crippen LogP contribution in [-0.4, -0.2) is 12.7 Å². The van der Waals surface area contributed by atoms with Crippen LogP contribution < -0.4 is 5.32 Å². The van der Waals surface area contributed by atoms with Crippen molar-refractivity contribution in [2.24, 2.45) is 5.92 Å². The van der Waals surface area contributed by atoms with E-state index in [9.17, 15) is 4.79 Å². The van der Waals surface area contributed by atoms with Crippen molar-refractivity contribution in [3.63, 3.8) is 0 Å². The second kappa shape index (κ2) is 4.62. The second-order valence-corrected chi connectivity index (χ2v) is 2.23. The number of ether oxygens (including phenoxy) is 1. The first-order valence-electron chi connectivity index (χ1n) is 2.98. The molecule has 10 heavy (non-hydrogen) atoms. The van der Waals surface area contributed by atoms with Crippen LogP contribution in [0.25, 0.3) is 0 Å². The fraction of sp³-hybridized carbons (Fsp3) is 0.667. The molecule has 0 spiro atoms. The van der Waals surface area contributed by atoms with Crippen LogP contribution in [0, 0.1) is 17.4 Å². The van der Waals surface area contributed by atoms with Crippen molar-refractivity contribution in [2.45, 2.75) is 13.8 Å². The Kier molecular flexibility index (Phi) is 4.05. The van der Waals surface area contributed by atoms with Crippen LogP contribution in [0.15, 0.2) is 0 Å². The van der Waals surface area contributed by atoms with E-state index in [1.54, 1.807) is 0 Å². The molecule has 0 fully saturated rings. The number of carbonyl (C=O) groups is 1. The second-order valence-electron chi connectivity index (χ2n) is 2.23. The van der Waals surface area contributed by atoms with Crippen molar-refractivity contribution in [3.05, 3.63) is 0 Å². The van der Waals surface area contributed by atoms with Gasteiger partial charge in [0.2, 0.25) is 0 Å². The number of hydrogen-bond donors (Lipinski definition) is 1. The van der Waals surface area contributed by atoms with Gasteiger partial charge in [-0.15, -0.1) is 0 Å². The normalized spacial score (nSPS) is 8.60. The van der Waals surface area contributed by atoms with Crippen molar-refractivity contribution in [3.8, 4) is 6.19 Å². The summed E-state index contributed by atoms with van der Waals surface area (Å²) in [5, 5.41) is 9.79. The predicted octanol–water partition coefficient (Wildman–Crippen LogP) is 0.850. The summed E-state index contributed by atoms with van der Waals surface area (Å²) in [5.74, 6) is 0.296. The highest BCUT2D eigenvalue weighted by Gasteiger charge is 2.00. The topological polar surface area (TPSA) is 62.1 Å².